The maximum Gasteiger partial charge on any atom is 1.00 e. The molecular weight excluding hydrogens is 186 g/mol. The fourth-order valence-electron chi connectivity index (χ4n) is 0.321. The SMILES string of the molecule is CCCCS(=O)(=O)[O-].F.[K+]. The topological polar surface area (TPSA) is 57.2 Å². The van der Waals surface area contributed by atoms with E-state index in [9.17, 15) is 13.0 Å². The Morgan fingerprint density at radius 3 is 1.90 bits per heavy atom. The van der Waals surface area contributed by atoms with Crippen molar-refractivity contribution in [2.75, 3.05) is 5.75 Å². The average molecular weight is 196 g/mol. The predicted octanol–water partition coefficient (Wildman–Crippen LogP) is -2.51. The minimum Gasteiger partial charge on any atom is -0.748 e. The Labute approximate surface area is 103 Å². The molecule has 0 radical (unpaired) electrons. The molecule has 0 amide bonds. The van der Waals surface area contributed by atoms with Gasteiger partial charge in [0.15, 0.2) is 0 Å². The van der Waals surface area contributed by atoms with E-state index in [2.05, 4.69) is 0 Å². The van der Waals surface area contributed by atoms with Crippen LogP contribution in [-0.4, -0.2) is 18.7 Å². The molecule has 0 N–H and O–H groups in total. The summed E-state index contributed by atoms with van der Waals surface area (Å²) in [7, 11) is -3.94. The van der Waals surface area contributed by atoms with E-state index >= 15 is 0 Å². The molecule has 0 rings (SSSR count). The summed E-state index contributed by atoms with van der Waals surface area (Å²) in [6, 6.07) is 0. The molecule has 10 heavy (non-hydrogen) atoms. The van der Waals surface area contributed by atoms with Crippen LogP contribution >= 0.6 is 0 Å². The molecule has 0 heterocycles. The zero-order valence-electron chi connectivity index (χ0n) is 6.16. The number of rotatable bonds is 3. The van der Waals surface area contributed by atoms with Gasteiger partial charge in [0.2, 0.25) is 0 Å². The molecule has 6 heteroatoms. The van der Waals surface area contributed by atoms with Gasteiger partial charge in [0.1, 0.15) is 0 Å². The Morgan fingerprint density at radius 1 is 1.40 bits per heavy atom. The quantitative estimate of drug-likeness (QED) is 0.370. The van der Waals surface area contributed by atoms with Crippen LogP contribution in [0.1, 0.15) is 19.8 Å². The van der Waals surface area contributed by atoms with Gasteiger partial charge < -0.3 is 4.55 Å². The van der Waals surface area contributed by atoms with E-state index in [0.717, 1.165) is 6.42 Å². The van der Waals surface area contributed by atoms with Crippen molar-refractivity contribution < 1.29 is 69.1 Å². The zero-order valence-corrected chi connectivity index (χ0v) is 10.1. The number of hydrogen-bond donors (Lipinski definition) is 0. The Morgan fingerprint density at radius 2 is 1.80 bits per heavy atom. The summed E-state index contributed by atoms with van der Waals surface area (Å²) in [6.45, 7) is 1.84. The van der Waals surface area contributed by atoms with Crippen LogP contribution in [0.2, 0.25) is 0 Å². The average Bonchev–Trinajstić information content (AvgIpc) is 1.59. The van der Waals surface area contributed by atoms with Crippen LogP contribution in [-0.2, 0) is 10.1 Å². The van der Waals surface area contributed by atoms with Crippen molar-refractivity contribution in [1.29, 1.82) is 0 Å². The first-order valence-corrected chi connectivity index (χ1v) is 4.07. The van der Waals surface area contributed by atoms with Crippen molar-refractivity contribution in [2.24, 2.45) is 0 Å². The molecule has 0 saturated heterocycles. The van der Waals surface area contributed by atoms with Gasteiger partial charge in [-0.25, -0.2) is 8.42 Å². The fraction of sp³-hybridized carbons (Fsp3) is 1.00. The Kier molecular flexibility index (Phi) is 15.0. The number of unbranched alkanes of at least 4 members (excludes halogenated alkanes) is 1. The molecule has 58 valence electrons. The molecule has 0 fully saturated rings. The Hall–Kier alpha value is 1.48. The van der Waals surface area contributed by atoms with E-state index in [-0.39, 0.29) is 61.8 Å². The minimum absolute atomic E-state index is 0. The third-order valence-electron chi connectivity index (χ3n) is 0.748. The van der Waals surface area contributed by atoms with E-state index in [1.54, 1.807) is 0 Å². The zero-order chi connectivity index (χ0) is 6.62. The monoisotopic (exact) mass is 196 g/mol. The summed E-state index contributed by atoms with van der Waals surface area (Å²) in [4.78, 5) is 0. The van der Waals surface area contributed by atoms with E-state index in [4.69, 9.17) is 0 Å². The first-order chi connectivity index (χ1) is 3.56. The third-order valence-corrected chi connectivity index (χ3v) is 1.54. The van der Waals surface area contributed by atoms with Gasteiger partial charge >= 0.3 is 51.4 Å². The van der Waals surface area contributed by atoms with E-state index in [1.807, 2.05) is 6.92 Å². The Bertz CT molecular complexity index is 145. The first-order valence-electron chi connectivity index (χ1n) is 2.50. The number of hydrogen-bond acceptors (Lipinski definition) is 3. The standard InChI is InChI=1S/C4H10O3S.FH.K/c1-2-3-4-8(5,6)7;;/h2-4H2,1H3,(H,5,6,7);1H;/q;;+1/p-1. The summed E-state index contributed by atoms with van der Waals surface area (Å²) < 4.78 is 29.5. The smallest absolute Gasteiger partial charge is 0.748 e. The second-order valence-electron chi connectivity index (χ2n) is 1.62. The van der Waals surface area contributed by atoms with Crippen molar-refractivity contribution in [3.8, 4) is 0 Å². The van der Waals surface area contributed by atoms with Crippen LogP contribution in [0.4, 0.5) is 4.70 Å². The summed E-state index contributed by atoms with van der Waals surface area (Å²) in [5.41, 5.74) is 0. The summed E-state index contributed by atoms with van der Waals surface area (Å²) in [6.07, 6.45) is 1.23. The molecule has 0 aromatic heterocycles. The van der Waals surface area contributed by atoms with Crippen LogP contribution in [0.15, 0.2) is 0 Å². The van der Waals surface area contributed by atoms with Crippen LogP contribution in [0.25, 0.3) is 0 Å². The van der Waals surface area contributed by atoms with Gasteiger partial charge in [-0.15, -0.1) is 0 Å². The summed E-state index contributed by atoms with van der Waals surface area (Å²) >= 11 is 0. The van der Waals surface area contributed by atoms with Gasteiger partial charge in [-0.3, -0.25) is 4.70 Å². The first kappa shape index (κ1) is 17.5. The molecule has 3 nitrogen and oxygen atoms in total. The van der Waals surface area contributed by atoms with Crippen molar-refractivity contribution in [3.63, 3.8) is 0 Å². The molecule has 0 spiro atoms. The molecule has 0 atom stereocenters. The van der Waals surface area contributed by atoms with Crippen LogP contribution in [0, 0.1) is 0 Å². The normalized spacial score (nSPS) is 9.40. The predicted molar refractivity (Wildman–Crippen MR) is 32.0 cm³/mol. The fourth-order valence-corrected chi connectivity index (χ4v) is 0.963. The van der Waals surface area contributed by atoms with E-state index in [0.29, 0.717) is 6.42 Å². The summed E-state index contributed by atoms with van der Waals surface area (Å²) in [5.74, 6) is -0.219. The molecule has 0 saturated carbocycles. The molecule has 0 bridgehead atoms. The molecule has 0 aromatic rings. The van der Waals surface area contributed by atoms with Crippen molar-refractivity contribution in [2.45, 2.75) is 19.8 Å². The van der Waals surface area contributed by atoms with E-state index in [1.165, 1.54) is 0 Å². The van der Waals surface area contributed by atoms with Crippen molar-refractivity contribution >= 4 is 10.1 Å². The van der Waals surface area contributed by atoms with Crippen LogP contribution in [0.5, 0.6) is 0 Å². The second kappa shape index (κ2) is 8.57. The van der Waals surface area contributed by atoms with Crippen LogP contribution < -0.4 is 51.4 Å². The molecule has 0 aliphatic carbocycles. The third kappa shape index (κ3) is 16.2. The maximum absolute atomic E-state index is 9.83. The Balaban J connectivity index is -0.000000245. The number of halogens is 1. The van der Waals surface area contributed by atoms with Gasteiger partial charge in [0, 0.05) is 5.75 Å². The van der Waals surface area contributed by atoms with Gasteiger partial charge in [0.25, 0.3) is 0 Å². The largest absolute Gasteiger partial charge is 1.00 e. The maximum atomic E-state index is 9.83. The van der Waals surface area contributed by atoms with Crippen molar-refractivity contribution in [3.05, 3.63) is 0 Å². The molecule has 0 aromatic carbocycles. The molecule has 0 aliphatic heterocycles. The van der Waals surface area contributed by atoms with Gasteiger partial charge in [-0.1, -0.05) is 13.3 Å². The molecular formula is C4H10FKO3S. The van der Waals surface area contributed by atoms with Crippen LogP contribution in [0.3, 0.4) is 0 Å². The molecule has 0 aliphatic rings. The van der Waals surface area contributed by atoms with Gasteiger partial charge in [-0.2, -0.15) is 0 Å². The van der Waals surface area contributed by atoms with Gasteiger partial charge in [-0.05, 0) is 6.42 Å². The summed E-state index contributed by atoms with van der Waals surface area (Å²) in [5, 5.41) is 0. The van der Waals surface area contributed by atoms with Gasteiger partial charge in [0.05, 0.1) is 10.1 Å². The van der Waals surface area contributed by atoms with E-state index < -0.39 is 10.1 Å². The minimum atomic E-state index is -3.94. The molecule has 0 unspecified atom stereocenters. The second-order valence-corrected chi connectivity index (χ2v) is 3.14. The van der Waals surface area contributed by atoms with Crippen molar-refractivity contribution in [1.82, 2.24) is 0 Å².